The predicted molar refractivity (Wildman–Crippen MR) is 61.8 cm³/mol. The minimum absolute atomic E-state index is 0.0188. The van der Waals surface area contributed by atoms with Gasteiger partial charge in [-0.1, -0.05) is 35.8 Å². The van der Waals surface area contributed by atoms with Gasteiger partial charge in [0.05, 0.1) is 6.61 Å². The van der Waals surface area contributed by atoms with Gasteiger partial charge in [0, 0.05) is 10.5 Å². The van der Waals surface area contributed by atoms with Crippen LogP contribution in [0.2, 0.25) is 0 Å². The molecule has 1 atom stereocenters. The van der Waals surface area contributed by atoms with E-state index in [9.17, 15) is 0 Å². The molecule has 78 valence electrons. The molecule has 1 aromatic carbocycles. The topological polar surface area (TPSA) is 46.2 Å². The summed E-state index contributed by atoms with van der Waals surface area (Å²) < 4.78 is 1.00. The Balaban J connectivity index is 3.10. The first-order valence-electron chi connectivity index (χ1n) is 4.71. The van der Waals surface area contributed by atoms with Gasteiger partial charge in [-0.3, -0.25) is 0 Å². The van der Waals surface area contributed by atoms with Crippen molar-refractivity contribution < 1.29 is 5.11 Å². The van der Waals surface area contributed by atoms with Gasteiger partial charge in [0.25, 0.3) is 0 Å². The molecule has 2 nitrogen and oxygen atoms in total. The summed E-state index contributed by atoms with van der Waals surface area (Å²) in [5.41, 5.74) is 7.99. The monoisotopic (exact) mass is 257 g/mol. The van der Waals surface area contributed by atoms with Gasteiger partial charge in [0.1, 0.15) is 0 Å². The van der Waals surface area contributed by atoms with Crippen LogP contribution >= 0.6 is 15.9 Å². The van der Waals surface area contributed by atoms with Crippen LogP contribution in [0.1, 0.15) is 31.0 Å². The maximum Gasteiger partial charge on any atom is 0.0685 e. The Labute approximate surface area is 93.3 Å². The molecule has 1 aromatic rings. The van der Waals surface area contributed by atoms with Gasteiger partial charge in [0.2, 0.25) is 0 Å². The number of aliphatic hydroxyl groups is 1. The van der Waals surface area contributed by atoms with E-state index >= 15 is 0 Å². The third-order valence-electron chi connectivity index (χ3n) is 2.36. The van der Waals surface area contributed by atoms with Crippen LogP contribution in [0.3, 0.4) is 0 Å². The molecule has 0 aliphatic rings. The second-order valence-corrected chi connectivity index (χ2v) is 4.69. The van der Waals surface area contributed by atoms with E-state index < -0.39 is 0 Å². The molecule has 0 heterocycles. The quantitative estimate of drug-likeness (QED) is 0.875. The molecular formula is C11H16BrNO. The highest BCUT2D eigenvalue weighted by molar-refractivity contribution is 9.10. The Bertz CT molecular complexity index is 312. The third-order valence-corrected chi connectivity index (χ3v) is 2.85. The van der Waals surface area contributed by atoms with Crippen molar-refractivity contribution in [2.75, 3.05) is 0 Å². The maximum absolute atomic E-state index is 9.17. The number of nitrogens with two attached hydrogens (primary N) is 1. The molecule has 0 radical (unpaired) electrons. The van der Waals surface area contributed by atoms with E-state index in [0.29, 0.717) is 5.92 Å². The van der Waals surface area contributed by atoms with Gasteiger partial charge < -0.3 is 10.8 Å². The van der Waals surface area contributed by atoms with E-state index in [4.69, 9.17) is 10.8 Å². The van der Waals surface area contributed by atoms with Gasteiger partial charge in [0.15, 0.2) is 0 Å². The third kappa shape index (κ3) is 2.56. The van der Waals surface area contributed by atoms with Crippen LogP contribution in [-0.2, 0) is 6.61 Å². The van der Waals surface area contributed by atoms with Crippen molar-refractivity contribution >= 4 is 15.9 Å². The summed E-state index contributed by atoms with van der Waals surface area (Å²) in [6.07, 6.45) is 0. The Kier molecular flexibility index (Phi) is 4.11. The van der Waals surface area contributed by atoms with E-state index in [1.165, 1.54) is 0 Å². The zero-order valence-corrected chi connectivity index (χ0v) is 10.1. The van der Waals surface area contributed by atoms with Crippen LogP contribution in [0.15, 0.2) is 22.7 Å². The molecule has 0 saturated carbocycles. The molecule has 0 amide bonds. The van der Waals surface area contributed by atoms with Gasteiger partial charge in [-0.05, 0) is 29.2 Å². The Morgan fingerprint density at radius 2 is 2.07 bits per heavy atom. The van der Waals surface area contributed by atoms with Crippen molar-refractivity contribution in [3.8, 4) is 0 Å². The summed E-state index contributed by atoms with van der Waals surface area (Å²) in [5, 5.41) is 9.17. The van der Waals surface area contributed by atoms with Gasteiger partial charge >= 0.3 is 0 Å². The van der Waals surface area contributed by atoms with Crippen LogP contribution in [0.4, 0.5) is 0 Å². The van der Waals surface area contributed by atoms with Crippen LogP contribution in [0.25, 0.3) is 0 Å². The van der Waals surface area contributed by atoms with Crippen molar-refractivity contribution in [3.05, 3.63) is 33.8 Å². The summed E-state index contributed by atoms with van der Waals surface area (Å²) in [4.78, 5) is 0. The normalized spacial score (nSPS) is 13.3. The molecule has 0 bridgehead atoms. The highest BCUT2D eigenvalue weighted by Crippen LogP contribution is 2.25. The number of aliphatic hydroxyl groups excluding tert-OH is 1. The number of hydrogen-bond acceptors (Lipinski definition) is 2. The van der Waals surface area contributed by atoms with E-state index in [-0.39, 0.29) is 12.6 Å². The SMILES string of the molecule is CC(C)[C@@H](N)c1cc(Br)ccc1CO. The van der Waals surface area contributed by atoms with E-state index in [2.05, 4.69) is 29.8 Å². The number of hydrogen-bond donors (Lipinski definition) is 2. The fourth-order valence-electron chi connectivity index (χ4n) is 1.38. The smallest absolute Gasteiger partial charge is 0.0685 e. The Morgan fingerprint density at radius 1 is 1.43 bits per heavy atom. The van der Waals surface area contributed by atoms with Crippen LogP contribution in [-0.4, -0.2) is 5.11 Å². The Morgan fingerprint density at radius 3 is 2.57 bits per heavy atom. The largest absolute Gasteiger partial charge is 0.392 e. The molecule has 3 heteroatoms. The zero-order chi connectivity index (χ0) is 10.7. The lowest BCUT2D eigenvalue weighted by Crippen LogP contribution is -2.18. The van der Waals surface area contributed by atoms with Gasteiger partial charge in [-0.2, -0.15) is 0 Å². The molecule has 0 spiro atoms. The lowest BCUT2D eigenvalue weighted by molar-refractivity contribution is 0.279. The molecular weight excluding hydrogens is 242 g/mol. The van der Waals surface area contributed by atoms with Crippen LogP contribution in [0, 0.1) is 5.92 Å². The summed E-state index contributed by atoms with van der Waals surface area (Å²) >= 11 is 3.41. The maximum atomic E-state index is 9.17. The van der Waals surface area contributed by atoms with Crippen molar-refractivity contribution in [2.45, 2.75) is 26.5 Å². The van der Waals surface area contributed by atoms with Gasteiger partial charge in [-0.15, -0.1) is 0 Å². The fourth-order valence-corrected chi connectivity index (χ4v) is 1.76. The summed E-state index contributed by atoms with van der Waals surface area (Å²) in [6.45, 7) is 4.20. The highest BCUT2D eigenvalue weighted by Gasteiger charge is 2.14. The standard InChI is InChI=1S/C11H16BrNO/c1-7(2)11(13)10-5-9(12)4-3-8(10)6-14/h3-5,7,11,14H,6,13H2,1-2H3/t11-/m1/s1. The molecule has 0 aliphatic heterocycles. The van der Waals surface area contributed by atoms with Crippen molar-refractivity contribution in [1.29, 1.82) is 0 Å². The lowest BCUT2D eigenvalue weighted by atomic mass is 9.93. The molecule has 0 aromatic heterocycles. The van der Waals surface area contributed by atoms with E-state index in [0.717, 1.165) is 15.6 Å². The van der Waals surface area contributed by atoms with Crippen molar-refractivity contribution in [3.63, 3.8) is 0 Å². The minimum Gasteiger partial charge on any atom is -0.392 e. The van der Waals surface area contributed by atoms with Crippen molar-refractivity contribution in [1.82, 2.24) is 0 Å². The highest BCUT2D eigenvalue weighted by atomic mass is 79.9. The average molecular weight is 258 g/mol. The summed E-state index contributed by atoms with van der Waals surface area (Å²) in [5.74, 6) is 0.370. The Hall–Kier alpha value is -0.380. The molecule has 0 fully saturated rings. The second-order valence-electron chi connectivity index (χ2n) is 3.77. The van der Waals surface area contributed by atoms with Gasteiger partial charge in [-0.25, -0.2) is 0 Å². The zero-order valence-electron chi connectivity index (χ0n) is 8.50. The fraction of sp³-hybridized carbons (Fsp3) is 0.455. The number of rotatable bonds is 3. The van der Waals surface area contributed by atoms with Crippen LogP contribution in [0.5, 0.6) is 0 Å². The first-order chi connectivity index (χ1) is 6.56. The molecule has 0 aliphatic carbocycles. The molecule has 14 heavy (non-hydrogen) atoms. The number of benzene rings is 1. The summed E-state index contributed by atoms with van der Waals surface area (Å²) in [7, 11) is 0. The first-order valence-corrected chi connectivity index (χ1v) is 5.50. The van der Waals surface area contributed by atoms with Crippen LogP contribution < -0.4 is 5.73 Å². The van der Waals surface area contributed by atoms with E-state index in [1.54, 1.807) is 0 Å². The number of halogens is 1. The molecule has 0 saturated heterocycles. The molecule has 3 N–H and O–H groups in total. The minimum atomic E-state index is -0.0188. The van der Waals surface area contributed by atoms with E-state index in [1.807, 2.05) is 18.2 Å². The molecule has 0 unspecified atom stereocenters. The summed E-state index contributed by atoms with van der Waals surface area (Å²) in [6, 6.07) is 5.79. The lowest BCUT2D eigenvalue weighted by Gasteiger charge is -2.19. The first kappa shape index (κ1) is 11.7. The average Bonchev–Trinajstić information content (AvgIpc) is 2.16. The predicted octanol–water partition coefficient (Wildman–Crippen LogP) is 2.60. The van der Waals surface area contributed by atoms with Crippen molar-refractivity contribution in [2.24, 2.45) is 11.7 Å². The molecule has 1 rings (SSSR count). The second kappa shape index (κ2) is 4.91.